The lowest BCUT2D eigenvalue weighted by molar-refractivity contribution is 0.245. The van der Waals surface area contributed by atoms with E-state index >= 15 is 0 Å². The number of hydrogen-bond acceptors (Lipinski definition) is 1. The summed E-state index contributed by atoms with van der Waals surface area (Å²) in [7, 11) is 2.09. The predicted octanol–water partition coefficient (Wildman–Crippen LogP) is 4.38. The highest BCUT2D eigenvalue weighted by atomic mass is 14.8. The van der Waals surface area contributed by atoms with E-state index < -0.39 is 0 Å². The fourth-order valence-corrected chi connectivity index (χ4v) is 3.63. The third-order valence-corrected chi connectivity index (χ3v) is 4.64. The Hall–Kier alpha value is -0.820. The Morgan fingerprint density at radius 1 is 1.26 bits per heavy atom. The maximum atomic E-state index is 3.39. The van der Waals surface area contributed by atoms with Crippen molar-refractivity contribution in [3.8, 4) is 0 Å². The molecule has 0 amide bonds. The molecule has 1 nitrogen and oxygen atoms in total. The Kier molecular flexibility index (Phi) is 5.45. The highest BCUT2D eigenvalue weighted by Gasteiger charge is 2.29. The highest BCUT2D eigenvalue weighted by Crippen LogP contribution is 2.40. The van der Waals surface area contributed by atoms with E-state index in [0.29, 0.717) is 0 Å². The number of rotatable bonds is 5. The molecule has 1 fully saturated rings. The van der Waals surface area contributed by atoms with Crippen molar-refractivity contribution in [3.63, 3.8) is 0 Å². The third-order valence-electron chi connectivity index (χ3n) is 4.64. The minimum Gasteiger partial charge on any atom is -0.319 e. The molecule has 3 atom stereocenters. The van der Waals surface area contributed by atoms with E-state index in [1.165, 1.54) is 37.7 Å². The normalized spacial score (nSPS) is 27.4. The van der Waals surface area contributed by atoms with Crippen molar-refractivity contribution in [2.75, 3.05) is 13.6 Å². The Balaban J connectivity index is 2.17. The zero-order valence-corrected chi connectivity index (χ0v) is 12.8. The second-order valence-corrected chi connectivity index (χ2v) is 6.34. The smallest absolute Gasteiger partial charge is 0.00177 e. The summed E-state index contributed by atoms with van der Waals surface area (Å²) in [5.74, 6) is 2.46. The monoisotopic (exact) mass is 259 g/mol. The standard InChI is InChI=1S/C18H29N/c1-4-6-15-7-5-8-16(12-15)18-11-14(2)9-10-17(18)13-19-3/h5,7-8,12,14,17-19H,4,6,9-11,13H2,1-3H3. The second kappa shape index (κ2) is 7.09. The topological polar surface area (TPSA) is 12.0 Å². The molecule has 1 aliphatic carbocycles. The molecular weight excluding hydrogens is 230 g/mol. The van der Waals surface area contributed by atoms with Crippen LogP contribution in [0.2, 0.25) is 0 Å². The SMILES string of the molecule is CCCc1cccc(C2CC(C)CCC2CNC)c1. The molecule has 0 aromatic heterocycles. The number of aryl methyl sites for hydroxylation is 1. The van der Waals surface area contributed by atoms with Crippen LogP contribution in [0.3, 0.4) is 0 Å². The third kappa shape index (κ3) is 3.82. The minimum absolute atomic E-state index is 0.757. The molecule has 1 aromatic carbocycles. The summed E-state index contributed by atoms with van der Waals surface area (Å²) >= 11 is 0. The summed E-state index contributed by atoms with van der Waals surface area (Å²) in [6, 6.07) is 9.36. The van der Waals surface area contributed by atoms with Crippen LogP contribution in [-0.4, -0.2) is 13.6 Å². The van der Waals surface area contributed by atoms with E-state index in [4.69, 9.17) is 0 Å². The number of benzene rings is 1. The van der Waals surface area contributed by atoms with Gasteiger partial charge in [-0.15, -0.1) is 0 Å². The van der Waals surface area contributed by atoms with Gasteiger partial charge in [0.2, 0.25) is 0 Å². The first kappa shape index (κ1) is 14.6. The van der Waals surface area contributed by atoms with E-state index in [0.717, 1.165) is 24.3 Å². The van der Waals surface area contributed by atoms with Gasteiger partial charge in [0.15, 0.2) is 0 Å². The molecule has 0 bridgehead atoms. The molecule has 0 aliphatic heterocycles. The quantitative estimate of drug-likeness (QED) is 0.827. The van der Waals surface area contributed by atoms with E-state index in [1.54, 1.807) is 5.56 Å². The van der Waals surface area contributed by atoms with Crippen molar-refractivity contribution in [1.82, 2.24) is 5.32 Å². The van der Waals surface area contributed by atoms with Crippen LogP contribution in [0.25, 0.3) is 0 Å². The molecule has 106 valence electrons. The molecule has 1 aromatic rings. The largest absolute Gasteiger partial charge is 0.319 e. The van der Waals surface area contributed by atoms with E-state index in [2.05, 4.69) is 50.5 Å². The predicted molar refractivity (Wildman–Crippen MR) is 83.6 cm³/mol. The van der Waals surface area contributed by atoms with Gasteiger partial charge in [-0.2, -0.15) is 0 Å². The van der Waals surface area contributed by atoms with E-state index in [-0.39, 0.29) is 0 Å². The van der Waals surface area contributed by atoms with Crippen molar-refractivity contribution in [2.45, 2.75) is 51.9 Å². The molecule has 0 heterocycles. The highest BCUT2D eigenvalue weighted by molar-refractivity contribution is 5.27. The van der Waals surface area contributed by atoms with Crippen molar-refractivity contribution in [1.29, 1.82) is 0 Å². The van der Waals surface area contributed by atoms with Gasteiger partial charge in [0.1, 0.15) is 0 Å². The molecular formula is C18H29N. The molecule has 0 radical (unpaired) electrons. The first-order chi connectivity index (χ1) is 9.24. The summed E-state index contributed by atoms with van der Waals surface area (Å²) in [5.41, 5.74) is 3.10. The molecule has 0 saturated heterocycles. The average Bonchev–Trinajstić information content (AvgIpc) is 2.42. The van der Waals surface area contributed by atoms with Crippen LogP contribution in [0, 0.1) is 11.8 Å². The lowest BCUT2D eigenvalue weighted by Crippen LogP contribution is -2.30. The van der Waals surface area contributed by atoms with Crippen molar-refractivity contribution in [3.05, 3.63) is 35.4 Å². The second-order valence-electron chi connectivity index (χ2n) is 6.34. The first-order valence-electron chi connectivity index (χ1n) is 7.98. The zero-order valence-electron chi connectivity index (χ0n) is 12.8. The molecule has 1 aliphatic rings. The van der Waals surface area contributed by atoms with Crippen LogP contribution in [0.1, 0.15) is 56.6 Å². The van der Waals surface area contributed by atoms with Gasteiger partial charge in [-0.05, 0) is 61.7 Å². The molecule has 1 heteroatoms. The zero-order chi connectivity index (χ0) is 13.7. The minimum atomic E-state index is 0.757. The van der Waals surface area contributed by atoms with Gasteiger partial charge in [-0.3, -0.25) is 0 Å². The van der Waals surface area contributed by atoms with Crippen molar-refractivity contribution in [2.24, 2.45) is 11.8 Å². The summed E-state index contributed by atoms with van der Waals surface area (Å²) in [6.07, 6.45) is 6.60. The van der Waals surface area contributed by atoms with Crippen LogP contribution >= 0.6 is 0 Å². The van der Waals surface area contributed by atoms with Crippen LogP contribution < -0.4 is 5.32 Å². The van der Waals surface area contributed by atoms with Gasteiger partial charge in [0.05, 0.1) is 0 Å². The summed E-state index contributed by atoms with van der Waals surface area (Å²) in [4.78, 5) is 0. The average molecular weight is 259 g/mol. The Morgan fingerprint density at radius 2 is 2.11 bits per heavy atom. The lowest BCUT2D eigenvalue weighted by Gasteiger charge is -2.35. The molecule has 19 heavy (non-hydrogen) atoms. The summed E-state index contributed by atoms with van der Waals surface area (Å²) < 4.78 is 0. The van der Waals surface area contributed by atoms with Gasteiger partial charge < -0.3 is 5.32 Å². The van der Waals surface area contributed by atoms with Crippen LogP contribution in [0.15, 0.2) is 24.3 Å². The molecule has 1 N–H and O–H groups in total. The molecule has 2 rings (SSSR count). The van der Waals surface area contributed by atoms with Gasteiger partial charge in [-0.1, -0.05) is 51.0 Å². The van der Waals surface area contributed by atoms with Crippen molar-refractivity contribution >= 4 is 0 Å². The Labute approximate surface area is 118 Å². The number of nitrogens with one attached hydrogen (secondary N) is 1. The lowest BCUT2D eigenvalue weighted by atomic mass is 9.71. The Bertz CT molecular complexity index is 385. The number of hydrogen-bond donors (Lipinski definition) is 1. The van der Waals surface area contributed by atoms with Crippen LogP contribution in [0.4, 0.5) is 0 Å². The molecule has 1 saturated carbocycles. The van der Waals surface area contributed by atoms with E-state index in [1.807, 2.05) is 0 Å². The van der Waals surface area contributed by atoms with Gasteiger partial charge in [0.25, 0.3) is 0 Å². The summed E-state index contributed by atoms with van der Waals surface area (Å²) in [6.45, 7) is 5.84. The van der Waals surface area contributed by atoms with E-state index in [9.17, 15) is 0 Å². The fraction of sp³-hybridized carbons (Fsp3) is 0.667. The van der Waals surface area contributed by atoms with Gasteiger partial charge in [-0.25, -0.2) is 0 Å². The fourth-order valence-electron chi connectivity index (χ4n) is 3.63. The molecule has 3 unspecified atom stereocenters. The van der Waals surface area contributed by atoms with Crippen LogP contribution in [0.5, 0.6) is 0 Å². The molecule has 0 spiro atoms. The van der Waals surface area contributed by atoms with Gasteiger partial charge in [0, 0.05) is 0 Å². The first-order valence-corrected chi connectivity index (χ1v) is 7.98. The van der Waals surface area contributed by atoms with Gasteiger partial charge >= 0.3 is 0 Å². The maximum Gasteiger partial charge on any atom is -0.00177 e. The maximum absolute atomic E-state index is 3.39. The summed E-state index contributed by atoms with van der Waals surface area (Å²) in [5, 5.41) is 3.39. The van der Waals surface area contributed by atoms with Crippen LogP contribution in [-0.2, 0) is 6.42 Å². The van der Waals surface area contributed by atoms with Crippen molar-refractivity contribution < 1.29 is 0 Å². The Morgan fingerprint density at radius 3 is 2.84 bits per heavy atom.